The number of halogens is 2. The first-order chi connectivity index (χ1) is 13.0. The van der Waals surface area contributed by atoms with Crippen LogP contribution in [0.2, 0.25) is 5.02 Å². The Morgan fingerprint density at radius 1 is 1.22 bits per heavy atom. The van der Waals surface area contributed by atoms with Gasteiger partial charge in [0.05, 0.1) is 6.21 Å². The molecule has 2 aromatic carbocycles. The van der Waals surface area contributed by atoms with Gasteiger partial charge in [-0.1, -0.05) is 35.5 Å². The van der Waals surface area contributed by atoms with Crippen LogP contribution in [0.25, 0.3) is 0 Å². The van der Waals surface area contributed by atoms with Crippen molar-refractivity contribution in [1.82, 2.24) is 5.32 Å². The number of benzene rings is 2. The van der Waals surface area contributed by atoms with Crippen LogP contribution in [0.5, 0.6) is 0 Å². The molecule has 2 aromatic rings. The lowest BCUT2D eigenvalue weighted by Crippen LogP contribution is -2.28. The van der Waals surface area contributed by atoms with E-state index in [1.807, 2.05) is 0 Å². The average Bonchev–Trinajstić information content (AvgIpc) is 2.98. The molecule has 3 rings (SSSR count). The van der Waals surface area contributed by atoms with Gasteiger partial charge in [0, 0.05) is 17.1 Å². The summed E-state index contributed by atoms with van der Waals surface area (Å²) in [5.74, 6) is -0.931. The van der Waals surface area contributed by atoms with Crippen molar-refractivity contribution in [3.63, 3.8) is 0 Å². The number of amides is 2. The van der Waals surface area contributed by atoms with Crippen molar-refractivity contribution < 1.29 is 14.0 Å². The Morgan fingerprint density at radius 2 is 1.93 bits per heavy atom. The van der Waals surface area contributed by atoms with E-state index in [-0.39, 0.29) is 24.1 Å². The van der Waals surface area contributed by atoms with E-state index in [2.05, 4.69) is 20.8 Å². The lowest BCUT2D eigenvalue weighted by molar-refractivity contribution is -0.122. The van der Waals surface area contributed by atoms with Gasteiger partial charge in [-0.2, -0.15) is 5.10 Å². The van der Waals surface area contributed by atoms with Gasteiger partial charge in [-0.25, -0.2) is 4.39 Å². The molecular weight excluding hydrogens is 391 g/mol. The summed E-state index contributed by atoms with van der Waals surface area (Å²) in [4.78, 5) is 24.1. The third kappa shape index (κ3) is 5.63. The van der Waals surface area contributed by atoms with Crippen LogP contribution in [0.4, 0.5) is 10.1 Å². The average molecular weight is 405 g/mol. The van der Waals surface area contributed by atoms with Crippen LogP contribution < -0.4 is 10.6 Å². The fourth-order valence-electron chi connectivity index (χ4n) is 2.20. The minimum absolute atomic E-state index is 0.000176. The third-order valence-electron chi connectivity index (χ3n) is 3.50. The molecule has 1 saturated heterocycles. The second-order valence-corrected chi connectivity index (χ2v) is 7.18. The van der Waals surface area contributed by atoms with Gasteiger partial charge < -0.3 is 10.6 Å². The van der Waals surface area contributed by atoms with E-state index in [0.29, 0.717) is 21.4 Å². The number of carbonyl (C=O) groups is 2. The molecule has 0 spiro atoms. The molecule has 0 aromatic heterocycles. The molecule has 0 bridgehead atoms. The molecule has 1 unspecified atom stereocenters. The summed E-state index contributed by atoms with van der Waals surface area (Å²) in [6, 6.07) is 12.4. The first-order valence-corrected chi connectivity index (χ1v) is 9.15. The molecule has 0 aliphatic carbocycles. The SMILES string of the molecule is O=C(CC1S/C(=N/N=C/c2ccc(F)cc2)NC1=O)Nc1ccc(Cl)cc1. The summed E-state index contributed by atoms with van der Waals surface area (Å²) in [5, 5.41) is 13.4. The summed E-state index contributed by atoms with van der Waals surface area (Å²) in [6.07, 6.45) is 1.44. The van der Waals surface area contributed by atoms with Gasteiger partial charge in [0.2, 0.25) is 11.8 Å². The fourth-order valence-corrected chi connectivity index (χ4v) is 3.25. The Hall–Kier alpha value is -2.71. The number of hydrogen-bond donors (Lipinski definition) is 2. The van der Waals surface area contributed by atoms with E-state index in [1.165, 1.54) is 18.3 Å². The van der Waals surface area contributed by atoms with Crippen molar-refractivity contribution in [3.05, 3.63) is 64.9 Å². The highest BCUT2D eigenvalue weighted by molar-refractivity contribution is 8.15. The molecule has 9 heteroatoms. The maximum atomic E-state index is 12.8. The van der Waals surface area contributed by atoms with Crippen LogP contribution in [-0.2, 0) is 9.59 Å². The van der Waals surface area contributed by atoms with Crippen LogP contribution in [0.3, 0.4) is 0 Å². The molecule has 1 aliphatic rings. The van der Waals surface area contributed by atoms with Crippen molar-refractivity contribution >= 4 is 52.2 Å². The van der Waals surface area contributed by atoms with Gasteiger partial charge >= 0.3 is 0 Å². The summed E-state index contributed by atoms with van der Waals surface area (Å²) in [6.45, 7) is 0. The molecule has 27 heavy (non-hydrogen) atoms. The highest BCUT2D eigenvalue weighted by Crippen LogP contribution is 2.23. The number of hydrogen-bond acceptors (Lipinski definition) is 5. The molecule has 2 N–H and O–H groups in total. The molecule has 1 aliphatic heterocycles. The van der Waals surface area contributed by atoms with Gasteiger partial charge in [-0.15, -0.1) is 5.10 Å². The molecule has 1 fully saturated rings. The lowest BCUT2D eigenvalue weighted by atomic mass is 10.2. The minimum atomic E-state index is -0.586. The Kier molecular flexibility index (Phi) is 6.20. The Bertz CT molecular complexity index is 901. The van der Waals surface area contributed by atoms with Crippen LogP contribution in [0.15, 0.2) is 58.7 Å². The number of anilines is 1. The maximum Gasteiger partial charge on any atom is 0.240 e. The van der Waals surface area contributed by atoms with E-state index in [1.54, 1.807) is 36.4 Å². The highest BCUT2D eigenvalue weighted by atomic mass is 35.5. The van der Waals surface area contributed by atoms with Crippen LogP contribution in [-0.4, -0.2) is 28.4 Å². The molecule has 1 heterocycles. The number of carbonyl (C=O) groups excluding carboxylic acids is 2. The largest absolute Gasteiger partial charge is 0.326 e. The minimum Gasteiger partial charge on any atom is -0.326 e. The van der Waals surface area contributed by atoms with Gasteiger partial charge in [-0.05, 0) is 42.0 Å². The van der Waals surface area contributed by atoms with Crippen molar-refractivity contribution in [2.24, 2.45) is 10.2 Å². The molecule has 6 nitrogen and oxygen atoms in total. The predicted octanol–water partition coefficient (Wildman–Crippen LogP) is 3.43. The van der Waals surface area contributed by atoms with Gasteiger partial charge in [-0.3, -0.25) is 9.59 Å². The van der Waals surface area contributed by atoms with E-state index in [9.17, 15) is 14.0 Å². The molecule has 1 atom stereocenters. The van der Waals surface area contributed by atoms with Gasteiger partial charge in [0.1, 0.15) is 11.1 Å². The zero-order valence-electron chi connectivity index (χ0n) is 13.9. The normalized spacial score (nSPS) is 18.1. The maximum absolute atomic E-state index is 12.8. The third-order valence-corrected chi connectivity index (χ3v) is 4.82. The Morgan fingerprint density at radius 3 is 2.63 bits per heavy atom. The summed E-state index contributed by atoms with van der Waals surface area (Å²) in [5.41, 5.74) is 1.28. The number of amidine groups is 1. The topological polar surface area (TPSA) is 82.9 Å². The zero-order chi connectivity index (χ0) is 19.2. The van der Waals surface area contributed by atoms with Crippen LogP contribution >= 0.6 is 23.4 Å². The van der Waals surface area contributed by atoms with Gasteiger partial charge in [0.15, 0.2) is 5.17 Å². The smallest absolute Gasteiger partial charge is 0.240 e. The molecule has 138 valence electrons. The lowest BCUT2D eigenvalue weighted by Gasteiger charge is -2.07. The molecular formula is C18H14ClFN4O2S. The summed E-state index contributed by atoms with van der Waals surface area (Å²) >= 11 is 6.93. The number of nitrogens with one attached hydrogen (secondary N) is 2. The van der Waals surface area contributed by atoms with Crippen molar-refractivity contribution in [2.45, 2.75) is 11.7 Å². The second kappa shape index (κ2) is 8.79. The standard InChI is InChI=1S/C18H14ClFN4O2S/c19-12-3-7-14(8-4-12)22-16(25)9-15-17(26)23-18(27-15)24-21-10-11-1-5-13(20)6-2-11/h1-8,10,15H,9H2,(H,22,25)(H,23,24,26)/b21-10+. The predicted molar refractivity (Wildman–Crippen MR) is 106 cm³/mol. The summed E-state index contributed by atoms with van der Waals surface area (Å²) < 4.78 is 12.8. The van der Waals surface area contributed by atoms with Crippen molar-refractivity contribution in [1.29, 1.82) is 0 Å². The first-order valence-electron chi connectivity index (χ1n) is 7.89. The Labute approximate surface area is 163 Å². The van der Waals surface area contributed by atoms with Crippen LogP contribution in [0.1, 0.15) is 12.0 Å². The van der Waals surface area contributed by atoms with Crippen molar-refractivity contribution in [3.8, 4) is 0 Å². The van der Waals surface area contributed by atoms with E-state index in [0.717, 1.165) is 11.8 Å². The fraction of sp³-hybridized carbons (Fsp3) is 0.111. The highest BCUT2D eigenvalue weighted by Gasteiger charge is 2.32. The van der Waals surface area contributed by atoms with Gasteiger partial charge in [0.25, 0.3) is 0 Å². The Balaban J connectivity index is 1.54. The molecule has 0 saturated carbocycles. The molecule has 2 amide bonds. The van der Waals surface area contributed by atoms with Crippen molar-refractivity contribution in [2.75, 3.05) is 5.32 Å². The van der Waals surface area contributed by atoms with E-state index < -0.39 is 5.25 Å². The zero-order valence-corrected chi connectivity index (χ0v) is 15.4. The quantitative estimate of drug-likeness (QED) is 0.591. The second-order valence-electron chi connectivity index (χ2n) is 5.56. The molecule has 0 radical (unpaired) electrons. The van der Waals surface area contributed by atoms with E-state index in [4.69, 9.17) is 11.6 Å². The van der Waals surface area contributed by atoms with Crippen LogP contribution in [0, 0.1) is 5.82 Å². The number of thioether (sulfide) groups is 1. The number of rotatable bonds is 5. The first kappa shape index (κ1) is 19.1. The number of nitrogens with zero attached hydrogens (tertiary/aromatic N) is 2. The summed E-state index contributed by atoms with van der Waals surface area (Å²) in [7, 11) is 0. The van der Waals surface area contributed by atoms with E-state index >= 15 is 0 Å². The monoisotopic (exact) mass is 404 g/mol.